The second-order valence-corrected chi connectivity index (χ2v) is 9.46. The highest BCUT2D eigenvalue weighted by Crippen LogP contribution is 2.37. The number of rotatable bonds is 6. The molecule has 0 bridgehead atoms. The predicted molar refractivity (Wildman–Crippen MR) is 113 cm³/mol. The number of carbonyl (C=O) groups is 2. The van der Waals surface area contributed by atoms with E-state index in [-0.39, 0.29) is 29.6 Å². The first-order valence-electron chi connectivity index (χ1n) is 9.12. The number of sulfonamides is 1. The van der Waals surface area contributed by atoms with Gasteiger partial charge >= 0.3 is 0 Å². The van der Waals surface area contributed by atoms with Crippen LogP contribution in [0.15, 0.2) is 81.4 Å². The summed E-state index contributed by atoms with van der Waals surface area (Å²) in [6.07, 6.45) is 0. The van der Waals surface area contributed by atoms with Crippen LogP contribution in [-0.2, 0) is 10.0 Å². The second kappa shape index (κ2) is 8.16. The molecule has 0 aliphatic heterocycles. The van der Waals surface area contributed by atoms with Crippen molar-refractivity contribution in [3.8, 4) is 0 Å². The quantitative estimate of drug-likeness (QED) is 0.479. The molecule has 0 saturated heterocycles. The average molecular weight is 440 g/mol. The highest BCUT2D eigenvalue weighted by Gasteiger charge is 2.31. The first kappa shape index (κ1) is 20.5. The van der Waals surface area contributed by atoms with Crippen LogP contribution in [0.3, 0.4) is 0 Å². The van der Waals surface area contributed by atoms with Crippen molar-refractivity contribution >= 4 is 33.4 Å². The lowest BCUT2D eigenvalue weighted by Crippen LogP contribution is -2.26. The standard InChI is InChI=1S/C22H17NO5S2/c24-13-12-23-30(27,28)15-10-8-14(9-11-15)29-19-7-3-6-18-20(19)22(26)17-5-2-1-4-16(17)21(18)25/h1-11,23-24H,12-13H2. The Balaban J connectivity index is 1.66. The topological polar surface area (TPSA) is 101 Å². The maximum atomic E-state index is 13.1. The zero-order chi connectivity index (χ0) is 21.3. The van der Waals surface area contributed by atoms with Crippen LogP contribution in [0, 0.1) is 0 Å². The molecule has 0 radical (unpaired) electrons. The molecule has 30 heavy (non-hydrogen) atoms. The minimum atomic E-state index is -3.69. The summed E-state index contributed by atoms with van der Waals surface area (Å²) in [4.78, 5) is 27.4. The van der Waals surface area contributed by atoms with Crippen molar-refractivity contribution in [2.75, 3.05) is 13.2 Å². The number of aliphatic hydroxyl groups excluding tert-OH is 1. The van der Waals surface area contributed by atoms with E-state index in [0.717, 1.165) is 4.90 Å². The van der Waals surface area contributed by atoms with Crippen LogP contribution in [0.5, 0.6) is 0 Å². The van der Waals surface area contributed by atoms with Gasteiger partial charge < -0.3 is 5.11 Å². The summed E-state index contributed by atoms with van der Waals surface area (Å²) in [6.45, 7) is -0.352. The van der Waals surface area contributed by atoms with E-state index in [1.165, 1.54) is 23.9 Å². The Hall–Kier alpha value is -2.78. The van der Waals surface area contributed by atoms with Crippen molar-refractivity contribution in [2.45, 2.75) is 14.7 Å². The van der Waals surface area contributed by atoms with E-state index in [1.807, 2.05) is 0 Å². The van der Waals surface area contributed by atoms with E-state index in [9.17, 15) is 18.0 Å². The molecule has 3 aromatic rings. The minimum absolute atomic E-state index is 0.0629. The van der Waals surface area contributed by atoms with Crippen molar-refractivity contribution in [1.82, 2.24) is 4.72 Å². The van der Waals surface area contributed by atoms with Crippen LogP contribution in [-0.4, -0.2) is 38.2 Å². The summed E-state index contributed by atoms with van der Waals surface area (Å²) in [5, 5.41) is 8.80. The number of carbonyl (C=O) groups excluding carboxylic acids is 2. The Labute approximate surface area is 178 Å². The Morgan fingerprint density at radius 2 is 1.43 bits per heavy atom. The van der Waals surface area contributed by atoms with Gasteiger partial charge in [-0.15, -0.1) is 0 Å². The van der Waals surface area contributed by atoms with Gasteiger partial charge in [0.05, 0.1) is 11.5 Å². The molecule has 0 spiro atoms. The molecular formula is C22H17NO5S2. The molecule has 3 aromatic carbocycles. The van der Waals surface area contributed by atoms with E-state index in [1.54, 1.807) is 54.6 Å². The molecule has 6 nitrogen and oxygen atoms in total. The summed E-state index contributed by atoms with van der Waals surface area (Å²) in [6, 6.07) is 18.1. The SMILES string of the molecule is O=C1c2ccccc2C(=O)c2c(Sc3ccc(S(=O)(=O)NCCO)cc3)cccc21. The highest BCUT2D eigenvalue weighted by atomic mass is 32.2. The molecular weight excluding hydrogens is 422 g/mol. The zero-order valence-corrected chi connectivity index (χ0v) is 17.3. The van der Waals surface area contributed by atoms with Crippen molar-refractivity contribution in [2.24, 2.45) is 0 Å². The third-order valence-electron chi connectivity index (χ3n) is 4.68. The third kappa shape index (κ3) is 3.70. The van der Waals surface area contributed by atoms with Crippen LogP contribution in [0.1, 0.15) is 31.8 Å². The summed E-state index contributed by atoms with van der Waals surface area (Å²) >= 11 is 1.29. The van der Waals surface area contributed by atoms with E-state index in [0.29, 0.717) is 27.1 Å². The fourth-order valence-corrected chi connectivity index (χ4v) is 5.27. The lowest BCUT2D eigenvalue weighted by Gasteiger charge is -2.19. The molecule has 0 heterocycles. The smallest absolute Gasteiger partial charge is 0.240 e. The van der Waals surface area contributed by atoms with Crippen LogP contribution in [0.2, 0.25) is 0 Å². The second-order valence-electron chi connectivity index (χ2n) is 6.58. The zero-order valence-electron chi connectivity index (χ0n) is 15.7. The number of nitrogens with one attached hydrogen (secondary N) is 1. The van der Waals surface area contributed by atoms with Gasteiger partial charge in [0.1, 0.15) is 0 Å². The van der Waals surface area contributed by atoms with Gasteiger partial charge in [0.2, 0.25) is 10.0 Å². The largest absolute Gasteiger partial charge is 0.395 e. The first-order valence-corrected chi connectivity index (χ1v) is 11.4. The van der Waals surface area contributed by atoms with E-state index >= 15 is 0 Å². The van der Waals surface area contributed by atoms with Crippen molar-refractivity contribution in [3.63, 3.8) is 0 Å². The molecule has 1 aliphatic rings. The number of hydrogen-bond donors (Lipinski definition) is 2. The lowest BCUT2D eigenvalue weighted by atomic mass is 9.84. The molecule has 8 heteroatoms. The van der Waals surface area contributed by atoms with Crippen LogP contribution in [0.4, 0.5) is 0 Å². The van der Waals surface area contributed by atoms with E-state index in [2.05, 4.69) is 4.72 Å². The van der Waals surface area contributed by atoms with Gasteiger partial charge in [-0.1, -0.05) is 48.2 Å². The highest BCUT2D eigenvalue weighted by molar-refractivity contribution is 7.99. The van der Waals surface area contributed by atoms with E-state index < -0.39 is 10.0 Å². The number of fused-ring (bicyclic) bond motifs is 2. The van der Waals surface area contributed by atoms with Crippen LogP contribution >= 0.6 is 11.8 Å². The number of hydrogen-bond acceptors (Lipinski definition) is 6. The van der Waals surface area contributed by atoms with Crippen LogP contribution < -0.4 is 4.72 Å². The molecule has 0 unspecified atom stereocenters. The molecule has 0 fully saturated rings. The summed E-state index contributed by atoms with van der Waals surface area (Å²) in [7, 11) is -3.69. The molecule has 0 atom stereocenters. The van der Waals surface area contributed by atoms with Gasteiger partial charge in [-0.2, -0.15) is 0 Å². The Kier molecular flexibility index (Phi) is 5.57. The van der Waals surface area contributed by atoms with Gasteiger partial charge in [-0.3, -0.25) is 9.59 Å². The minimum Gasteiger partial charge on any atom is -0.395 e. The van der Waals surface area contributed by atoms with Gasteiger partial charge in [0.15, 0.2) is 11.6 Å². The Bertz CT molecular complexity index is 1250. The van der Waals surface area contributed by atoms with E-state index in [4.69, 9.17) is 5.11 Å². The number of ketones is 2. The Morgan fingerprint density at radius 1 is 0.800 bits per heavy atom. The Morgan fingerprint density at radius 3 is 2.10 bits per heavy atom. The van der Waals surface area contributed by atoms with Crippen molar-refractivity contribution in [3.05, 3.63) is 89.0 Å². The summed E-state index contributed by atoms with van der Waals surface area (Å²) < 4.78 is 26.6. The first-order chi connectivity index (χ1) is 14.4. The normalized spacial score (nSPS) is 13.1. The molecule has 0 aromatic heterocycles. The molecule has 0 amide bonds. The summed E-state index contributed by atoms with van der Waals surface area (Å²) in [5.74, 6) is -0.380. The molecule has 0 saturated carbocycles. The number of aliphatic hydroxyl groups is 1. The molecule has 4 rings (SSSR count). The molecule has 2 N–H and O–H groups in total. The monoisotopic (exact) mass is 439 g/mol. The molecule has 152 valence electrons. The van der Waals surface area contributed by atoms with Crippen LogP contribution in [0.25, 0.3) is 0 Å². The van der Waals surface area contributed by atoms with Gasteiger partial charge in [0.25, 0.3) is 0 Å². The van der Waals surface area contributed by atoms with Crippen molar-refractivity contribution in [1.29, 1.82) is 0 Å². The molecule has 1 aliphatic carbocycles. The summed E-state index contributed by atoms with van der Waals surface area (Å²) in [5.41, 5.74) is 1.53. The maximum Gasteiger partial charge on any atom is 0.240 e. The van der Waals surface area contributed by atoms with Gasteiger partial charge in [0, 0.05) is 38.6 Å². The van der Waals surface area contributed by atoms with Crippen molar-refractivity contribution < 1.29 is 23.1 Å². The van der Waals surface area contributed by atoms with Gasteiger partial charge in [-0.25, -0.2) is 13.1 Å². The van der Waals surface area contributed by atoms with Gasteiger partial charge in [-0.05, 0) is 30.3 Å². The fourth-order valence-electron chi connectivity index (χ4n) is 3.28. The maximum absolute atomic E-state index is 13.1. The predicted octanol–water partition coefficient (Wildman–Crippen LogP) is 2.88. The average Bonchev–Trinajstić information content (AvgIpc) is 2.76. The third-order valence-corrected chi connectivity index (χ3v) is 7.22. The fraction of sp³-hybridized carbons (Fsp3) is 0.0909. The lowest BCUT2D eigenvalue weighted by molar-refractivity contribution is 0.0977. The number of benzene rings is 3.